The number of rotatable bonds is 13. The zero-order valence-electron chi connectivity index (χ0n) is 24.5. The largest absolute Gasteiger partial charge is 0.480 e. The number of carbonyl (C=O) groups excluding carboxylic acids is 1. The summed E-state index contributed by atoms with van der Waals surface area (Å²) < 4.78 is 24.7. The lowest BCUT2D eigenvalue weighted by Crippen LogP contribution is -2.41. The topological polar surface area (TPSA) is 104 Å². The molecule has 3 aromatic carbocycles. The van der Waals surface area contributed by atoms with E-state index >= 15 is 0 Å². The average Bonchev–Trinajstić information content (AvgIpc) is 3.30. The first-order valence-corrected chi connectivity index (χ1v) is 17.7. The highest BCUT2D eigenvalue weighted by Crippen LogP contribution is 2.33. The highest BCUT2D eigenvalue weighted by molar-refractivity contribution is 7.98. The summed E-state index contributed by atoms with van der Waals surface area (Å²) in [4.78, 5) is 27.7. The van der Waals surface area contributed by atoms with Crippen LogP contribution in [0.5, 0.6) is 0 Å². The van der Waals surface area contributed by atoms with E-state index in [-0.39, 0.29) is 17.8 Å². The minimum Gasteiger partial charge on any atom is -0.480 e. The van der Waals surface area contributed by atoms with Gasteiger partial charge in [0.25, 0.3) is 5.91 Å². The number of hydrogen-bond acceptors (Lipinski definition) is 6. The van der Waals surface area contributed by atoms with Crippen LogP contribution in [0.4, 0.5) is 0 Å². The van der Waals surface area contributed by atoms with Gasteiger partial charge >= 0.3 is 5.97 Å². The fourth-order valence-corrected chi connectivity index (χ4v) is 7.36. The lowest BCUT2D eigenvalue weighted by atomic mass is 9.93. The number of sulfone groups is 1. The highest BCUT2D eigenvalue weighted by Gasteiger charge is 2.35. The number of carboxylic acids is 1. The van der Waals surface area contributed by atoms with Crippen molar-refractivity contribution in [2.75, 3.05) is 24.0 Å². The summed E-state index contributed by atoms with van der Waals surface area (Å²) >= 11 is 1.54. The van der Waals surface area contributed by atoms with Gasteiger partial charge in [-0.2, -0.15) is 11.8 Å². The molecule has 0 saturated carbocycles. The molecule has 1 aliphatic rings. The first-order chi connectivity index (χ1) is 20.1. The Hall–Kier alpha value is -3.14. The summed E-state index contributed by atoms with van der Waals surface area (Å²) in [5, 5.41) is 12.4. The molecule has 1 fully saturated rings. The minimum atomic E-state index is -3.17. The average molecular weight is 609 g/mol. The number of benzene rings is 3. The van der Waals surface area contributed by atoms with E-state index in [9.17, 15) is 23.1 Å². The molecule has 2 N–H and O–H groups in total. The Morgan fingerprint density at radius 2 is 1.67 bits per heavy atom. The van der Waals surface area contributed by atoms with Crippen molar-refractivity contribution in [1.82, 2.24) is 10.2 Å². The molecule has 1 heterocycles. The zero-order valence-corrected chi connectivity index (χ0v) is 26.1. The number of carboxylic acid groups (broad SMARTS) is 1. The summed E-state index contributed by atoms with van der Waals surface area (Å²) in [5.41, 5.74) is 5.23. The van der Waals surface area contributed by atoms with Gasteiger partial charge in [0.2, 0.25) is 0 Å². The van der Waals surface area contributed by atoms with Crippen LogP contribution in [0.3, 0.4) is 0 Å². The molecule has 0 aromatic heterocycles. The molecule has 0 unspecified atom stereocenters. The number of hydrogen-bond donors (Lipinski definition) is 2. The normalized spacial score (nSPS) is 18.1. The maximum atomic E-state index is 13.5. The number of nitrogens with zero attached hydrogens (tertiary/aromatic N) is 1. The molecular weight excluding hydrogens is 569 g/mol. The second-order valence-corrected chi connectivity index (χ2v) is 14.4. The van der Waals surface area contributed by atoms with Gasteiger partial charge in [-0.05, 0) is 84.6 Å². The van der Waals surface area contributed by atoms with Crippen LogP contribution in [0.25, 0.3) is 11.1 Å². The summed E-state index contributed by atoms with van der Waals surface area (Å²) in [6.45, 7) is 2.53. The maximum absolute atomic E-state index is 13.5. The predicted octanol–water partition coefficient (Wildman–Crippen LogP) is 5.22. The molecule has 224 valence electrons. The van der Waals surface area contributed by atoms with Crippen LogP contribution in [0, 0.1) is 6.92 Å². The van der Waals surface area contributed by atoms with E-state index in [0.29, 0.717) is 24.3 Å². The Bertz CT molecular complexity index is 1490. The fraction of sp³-hybridized carbons (Fsp3) is 0.394. The van der Waals surface area contributed by atoms with E-state index < -0.39 is 27.8 Å². The van der Waals surface area contributed by atoms with E-state index in [0.717, 1.165) is 41.5 Å². The van der Waals surface area contributed by atoms with Crippen molar-refractivity contribution < 1.29 is 23.1 Å². The Morgan fingerprint density at radius 3 is 2.33 bits per heavy atom. The Kier molecular flexibility index (Phi) is 10.9. The van der Waals surface area contributed by atoms with Crippen LogP contribution in [-0.2, 0) is 27.6 Å². The summed E-state index contributed by atoms with van der Waals surface area (Å²) in [5.74, 6) is -0.751. The maximum Gasteiger partial charge on any atom is 0.326 e. The first kappa shape index (κ1) is 31.8. The standard InChI is InChI=1S/C33H40N2O5S2/c1-23-9-7-8-12-28(23)30-20-25(13-16-29(30)32(36)34-31(33(37)38)17-18-41-2)21-35-26(19-24-10-5-4-6-11-24)14-15-27(35)22-42(3,39)40/h4-13,16,20,26-27,31H,14-15,17-19,21-22H2,1-3H3,(H,34,36)(H,37,38)/t26-,27-,31-/m0/s1. The summed E-state index contributed by atoms with van der Waals surface area (Å²) in [6.07, 6.45) is 6.08. The highest BCUT2D eigenvalue weighted by atomic mass is 32.2. The number of likely N-dealkylation sites (tertiary alicyclic amines) is 1. The Morgan fingerprint density at radius 1 is 0.976 bits per heavy atom. The predicted molar refractivity (Wildman–Crippen MR) is 171 cm³/mol. The number of carbonyl (C=O) groups is 2. The third-order valence-corrected chi connectivity index (χ3v) is 9.56. The van der Waals surface area contributed by atoms with Crippen LogP contribution in [0.1, 0.15) is 46.3 Å². The molecule has 0 aliphatic carbocycles. The summed E-state index contributed by atoms with van der Waals surface area (Å²) in [6, 6.07) is 22.9. The molecular formula is C33H40N2O5S2. The molecule has 3 aromatic rings. The second kappa shape index (κ2) is 14.4. The van der Waals surface area contributed by atoms with Crippen molar-refractivity contribution in [2.45, 2.75) is 57.3 Å². The van der Waals surface area contributed by atoms with Gasteiger partial charge in [0, 0.05) is 30.4 Å². The lowest BCUT2D eigenvalue weighted by molar-refractivity contribution is -0.139. The van der Waals surface area contributed by atoms with Gasteiger partial charge in [0.15, 0.2) is 0 Å². The molecule has 7 nitrogen and oxygen atoms in total. The van der Waals surface area contributed by atoms with Gasteiger partial charge in [-0.15, -0.1) is 0 Å². The van der Waals surface area contributed by atoms with Gasteiger partial charge in [0.05, 0.1) is 5.75 Å². The van der Waals surface area contributed by atoms with Crippen LogP contribution >= 0.6 is 11.8 Å². The van der Waals surface area contributed by atoms with Gasteiger partial charge in [0.1, 0.15) is 15.9 Å². The Balaban J connectivity index is 1.68. The van der Waals surface area contributed by atoms with E-state index in [2.05, 4.69) is 22.3 Å². The number of nitrogens with one attached hydrogen (secondary N) is 1. The minimum absolute atomic E-state index is 0.0913. The molecule has 1 aliphatic heterocycles. The quantitative estimate of drug-likeness (QED) is 0.274. The molecule has 0 spiro atoms. The first-order valence-electron chi connectivity index (χ1n) is 14.2. The SMILES string of the molecule is CSCC[C@H](NC(=O)c1ccc(CN2[C@H](Cc3ccccc3)CC[C@H]2CS(C)(=O)=O)cc1-c1ccccc1C)C(=O)O. The van der Waals surface area contributed by atoms with Gasteiger partial charge in [-0.1, -0.05) is 60.7 Å². The number of amides is 1. The van der Waals surface area contributed by atoms with Crippen molar-refractivity contribution >= 4 is 33.5 Å². The van der Waals surface area contributed by atoms with E-state index in [1.54, 1.807) is 6.07 Å². The van der Waals surface area contributed by atoms with Crippen molar-refractivity contribution in [1.29, 1.82) is 0 Å². The second-order valence-electron chi connectivity index (χ2n) is 11.2. The molecule has 4 rings (SSSR count). The van der Waals surface area contributed by atoms with Crippen LogP contribution in [0.15, 0.2) is 72.8 Å². The van der Waals surface area contributed by atoms with Gasteiger partial charge in [-0.3, -0.25) is 9.69 Å². The number of aliphatic carboxylic acids is 1. The smallest absolute Gasteiger partial charge is 0.326 e. The van der Waals surface area contributed by atoms with Crippen LogP contribution in [0.2, 0.25) is 0 Å². The molecule has 9 heteroatoms. The molecule has 1 amide bonds. The lowest BCUT2D eigenvalue weighted by Gasteiger charge is -2.30. The van der Waals surface area contributed by atoms with Crippen LogP contribution < -0.4 is 5.32 Å². The van der Waals surface area contributed by atoms with E-state index in [4.69, 9.17) is 0 Å². The van der Waals surface area contributed by atoms with Gasteiger partial charge in [-0.25, -0.2) is 13.2 Å². The third kappa shape index (κ3) is 8.46. The van der Waals surface area contributed by atoms with E-state index in [1.807, 2.05) is 67.8 Å². The number of thioether (sulfide) groups is 1. The van der Waals surface area contributed by atoms with Crippen molar-refractivity contribution in [2.24, 2.45) is 0 Å². The monoisotopic (exact) mass is 608 g/mol. The molecule has 3 atom stereocenters. The molecule has 1 saturated heterocycles. The van der Waals surface area contributed by atoms with Crippen molar-refractivity contribution in [3.63, 3.8) is 0 Å². The zero-order chi connectivity index (χ0) is 30.3. The van der Waals surface area contributed by atoms with Gasteiger partial charge < -0.3 is 10.4 Å². The van der Waals surface area contributed by atoms with E-state index in [1.165, 1.54) is 23.6 Å². The molecule has 0 bridgehead atoms. The van der Waals surface area contributed by atoms with Crippen molar-refractivity contribution in [3.8, 4) is 11.1 Å². The molecule has 42 heavy (non-hydrogen) atoms. The van der Waals surface area contributed by atoms with Crippen molar-refractivity contribution in [3.05, 3.63) is 95.1 Å². The molecule has 0 radical (unpaired) electrons. The Labute approximate surface area is 253 Å². The third-order valence-electron chi connectivity index (χ3n) is 7.92. The van der Waals surface area contributed by atoms with Crippen LogP contribution in [-0.4, -0.2) is 72.4 Å². The summed E-state index contributed by atoms with van der Waals surface area (Å²) in [7, 11) is -3.17. The fourth-order valence-electron chi connectivity index (χ4n) is 5.83. The number of aryl methyl sites for hydroxylation is 1.